The molecule has 0 fully saturated rings. The number of nitrogens with two attached hydrogens (primary N) is 1. The molecule has 3 N–H and O–H groups in total. The lowest BCUT2D eigenvalue weighted by molar-refractivity contribution is 0.602. The van der Waals surface area contributed by atoms with E-state index in [-0.39, 0.29) is 4.90 Å². The summed E-state index contributed by atoms with van der Waals surface area (Å²) in [5, 5.41) is 3.27. The normalized spacial score (nSPS) is 11.5. The molecule has 0 unspecified atom stereocenters. The number of rotatable bonds is 9. The van der Waals surface area contributed by atoms with Crippen molar-refractivity contribution < 1.29 is 8.42 Å². The van der Waals surface area contributed by atoms with E-state index in [2.05, 4.69) is 34.5 Å². The van der Waals surface area contributed by atoms with Gasteiger partial charge in [0.2, 0.25) is 5.95 Å². The maximum Gasteiger partial charge on any atom is 0.231 e. The van der Waals surface area contributed by atoms with Crippen LogP contribution in [-0.2, 0) is 22.9 Å². The number of nitrogen functional groups attached to an aromatic ring is 1. The van der Waals surface area contributed by atoms with Crippen LogP contribution in [0.3, 0.4) is 0 Å². The van der Waals surface area contributed by atoms with E-state index in [1.807, 2.05) is 65.2 Å². The molecule has 0 bridgehead atoms. The van der Waals surface area contributed by atoms with E-state index in [0.29, 0.717) is 47.4 Å². The molecule has 6 aromatic rings. The third-order valence-electron chi connectivity index (χ3n) is 6.80. The lowest BCUT2D eigenvalue weighted by atomic mass is 10.1. The molecule has 0 saturated carbocycles. The summed E-state index contributed by atoms with van der Waals surface area (Å²) in [5.74, 6) is 1.01. The third kappa shape index (κ3) is 5.93. The SMILES string of the molecule is CS(=O)(=O)c1ccc(Nc2nc(N(Cc3ccccc3)Cc3ccccc3)c3ncn(-c4cccc(N)c4)c3n2)cc1. The molecule has 0 saturated heterocycles. The zero-order valence-corrected chi connectivity index (χ0v) is 23.7. The first-order valence-electron chi connectivity index (χ1n) is 13.3. The van der Waals surface area contributed by atoms with Gasteiger partial charge in [-0.3, -0.25) is 4.57 Å². The minimum absolute atomic E-state index is 0.238. The van der Waals surface area contributed by atoms with Crippen molar-refractivity contribution in [1.82, 2.24) is 19.5 Å². The predicted octanol–water partition coefficient (Wildman–Crippen LogP) is 5.75. The van der Waals surface area contributed by atoms with Crippen molar-refractivity contribution in [3.63, 3.8) is 0 Å². The van der Waals surface area contributed by atoms with Gasteiger partial charge in [-0.25, -0.2) is 13.4 Å². The molecule has 4 aromatic carbocycles. The fraction of sp³-hybridized carbons (Fsp3) is 0.0938. The largest absolute Gasteiger partial charge is 0.399 e. The number of anilines is 4. The van der Waals surface area contributed by atoms with Crippen molar-refractivity contribution in [3.8, 4) is 5.69 Å². The van der Waals surface area contributed by atoms with Crippen LogP contribution in [0.5, 0.6) is 0 Å². The molecule has 0 radical (unpaired) electrons. The summed E-state index contributed by atoms with van der Waals surface area (Å²) in [6.07, 6.45) is 2.91. The molecule has 0 aliphatic rings. The second-order valence-corrected chi connectivity index (χ2v) is 12.0. The number of benzene rings is 4. The van der Waals surface area contributed by atoms with Crippen LogP contribution in [-0.4, -0.2) is 34.2 Å². The van der Waals surface area contributed by atoms with Gasteiger partial charge in [-0.2, -0.15) is 9.97 Å². The molecule has 0 atom stereocenters. The van der Waals surface area contributed by atoms with E-state index in [9.17, 15) is 8.42 Å². The Kier molecular flexibility index (Phi) is 7.28. The smallest absolute Gasteiger partial charge is 0.231 e. The van der Waals surface area contributed by atoms with Gasteiger partial charge in [0.25, 0.3) is 0 Å². The van der Waals surface area contributed by atoms with E-state index < -0.39 is 9.84 Å². The van der Waals surface area contributed by atoms with Crippen molar-refractivity contribution in [3.05, 3.63) is 127 Å². The lowest BCUT2D eigenvalue weighted by Gasteiger charge is -2.25. The number of nitrogens with one attached hydrogen (secondary N) is 1. The van der Waals surface area contributed by atoms with E-state index in [1.165, 1.54) is 6.26 Å². The maximum absolute atomic E-state index is 12.0. The molecule has 0 spiro atoms. The van der Waals surface area contributed by atoms with E-state index in [4.69, 9.17) is 20.7 Å². The summed E-state index contributed by atoms with van der Waals surface area (Å²) in [6, 6.07) is 34.5. The van der Waals surface area contributed by atoms with Crippen LogP contribution < -0.4 is 16.0 Å². The summed E-state index contributed by atoms with van der Waals surface area (Å²) in [7, 11) is -3.32. The van der Waals surface area contributed by atoms with Crippen molar-refractivity contribution in [2.75, 3.05) is 22.2 Å². The van der Waals surface area contributed by atoms with E-state index in [1.54, 1.807) is 30.6 Å². The summed E-state index contributed by atoms with van der Waals surface area (Å²) in [5.41, 5.74) is 11.7. The number of fused-ring (bicyclic) bond motifs is 1. The highest BCUT2D eigenvalue weighted by atomic mass is 32.2. The Morgan fingerprint density at radius 2 is 1.45 bits per heavy atom. The molecule has 0 aliphatic heterocycles. The Labute approximate surface area is 244 Å². The Bertz CT molecular complexity index is 1900. The fourth-order valence-corrected chi connectivity index (χ4v) is 5.38. The summed E-state index contributed by atoms with van der Waals surface area (Å²) >= 11 is 0. The highest BCUT2D eigenvalue weighted by Crippen LogP contribution is 2.30. The first-order valence-corrected chi connectivity index (χ1v) is 15.2. The topological polar surface area (TPSA) is 119 Å². The Balaban J connectivity index is 1.49. The average molecular weight is 576 g/mol. The summed E-state index contributed by atoms with van der Waals surface area (Å²) < 4.78 is 25.8. The van der Waals surface area contributed by atoms with Gasteiger partial charge >= 0.3 is 0 Å². The lowest BCUT2D eigenvalue weighted by Crippen LogP contribution is -2.24. The Morgan fingerprint density at radius 1 is 0.810 bits per heavy atom. The number of imidazole rings is 1. The van der Waals surface area contributed by atoms with Gasteiger partial charge in [0.15, 0.2) is 26.8 Å². The highest BCUT2D eigenvalue weighted by Gasteiger charge is 2.21. The monoisotopic (exact) mass is 575 g/mol. The van der Waals surface area contributed by atoms with Gasteiger partial charge < -0.3 is 16.0 Å². The standard InChI is InChI=1S/C32H29N7O2S/c1-42(40,41)28-17-15-26(16-18-28)35-32-36-30(29-31(37-32)39(22-34-29)27-14-8-13-25(33)19-27)38(20-23-9-4-2-5-10-23)21-24-11-6-3-7-12-24/h2-19,22H,20-21,33H2,1H3,(H,35,36,37). The average Bonchev–Trinajstić information content (AvgIpc) is 3.41. The van der Waals surface area contributed by atoms with Crippen LogP contribution in [0.4, 0.5) is 23.1 Å². The van der Waals surface area contributed by atoms with Crippen molar-refractivity contribution >= 4 is 44.1 Å². The number of aromatic nitrogens is 4. The minimum atomic E-state index is -3.32. The molecule has 0 amide bonds. The zero-order chi connectivity index (χ0) is 29.1. The predicted molar refractivity (Wildman–Crippen MR) is 167 cm³/mol. The zero-order valence-electron chi connectivity index (χ0n) is 22.9. The third-order valence-corrected chi connectivity index (χ3v) is 7.93. The van der Waals surface area contributed by atoms with Gasteiger partial charge in [-0.15, -0.1) is 0 Å². The Hall–Kier alpha value is -5.22. The van der Waals surface area contributed by atoms with Gasteiger partial charge in [0.1, 0.15) is 6.33 Å². The molecule has 9 nitrogen and oxygen atoms in total. The van der Waals surface area contributed by atoms with E-state index >= 15 is 0 Å². The van der Waals surface area contributed by atoms with Crippen molar-refractivity contribution in [2.24, 2.45) is 0 Å². The fourth-order valence-electron chi connectivity index (χ4n) is 4.75. The quantitative estimate of drug-likeness (QED) is 0.209. The van der Waals surface area contributed by atoms with Crippen LogP contribution >= 0.6 is 0 Å². The maximum atomic E-state index is 12.0. The second-order valence-electron chi connectivity index (χ2n) is 10.0. The molecule has 6 rings (SSSR count). The van der Waals surface area contributed by atoms with Crippen molar-refractivity contribution in [2.45, 2.75) is 18.0 Å². The van der Waals surface area contributed by atoms with Crippen LogP contribution in [0.25, 0.3) is 16.9 Å². The van der Waals surface area contributed by atoms with Gasteiger partial charge in [0.05, 0.1) is 10.6 Å². The second kappa shape index (κ2) is 11.3. The van der Waals surface area contributed by atoms with Crippen LogP contribution in [0, 0.1) is 0 Å². The number of sulfone groups is 1. The van der Waals surface area contributed by atoms with Crippen LogP contribution in [0.15, 0.2) is 120 Å². The molecule has 42 heavy (non-hydrogen) atoms. The van der Waals surface area contributed by atoms with Crippen LogP contribution in [0.1, 0.15) is 11.1 Å². The molecular weight excluding hydrogens is 546 g/mol. The van der Waals surface area contributed by atoms with E-state index in [0.717, 1.165) is 16.8 Å². The molecule has 2 aromatic heterocycles. The number of hydrogen-bond acceptors (Lipinski definition) is 8. The highest BCUT2D eigenvalue weighted by molar-refractivity contribution is 7.90. The molecule has 10 heteroatoms. The van der Waals surface area contributed by atoms with Gasteiger partial charge in [-0.1, -0.05) is 66.7 Å². The number of nitrogens with zero attached hydrogens (tertiary/aromatic N) is 5. The summed E-state index contributed by atoms with van der Waals surface area (Å²) in [6.45, 7) is 1.19. The molecule has 0 aliphatic carbocycles. The first-order chi connectivity index (χ1) is 20.3. The summed E-state index contributed by atoms with van der Waals surface area (Å²) in [4.78, 5) is 17.0. The number of hydrogen-bond donors (Lipinski definition) is 2. The van der Waals surface area contributed by atoms with Gasteiger partial charge in [0, 0.05) is 30.7 Å². The molecule has 2 heterocycles. The van der Waals surface area contributed by atoms with Crippen LogP contribution in [0.2, 0.25) is 0 Å². The van der Waals surface area contributed by atoms with Crippen molar-refractivity contribution in [1.29, 1.82) is 0 Å². The van der Waals surface area contributed by atoms with Gasteiger partial charge in [-0.05, 0) is 53.6 Å². The minimum Gasteiger partial charge on any atom is -0.399 e. The first kappa shape index (κ1) is 27.0. The molecule has 210 valence electrons. The Morgan fingerprint density at radius 3 is 2.05 bits per heavy atom. The molecular formula is C32H29N7O2S.